The van der Waals surface area contributed by atoms with E-state index in [9.17, 15) is 14.4 Å². The average Bonchev–Trinajstić information content (AvgIpc) is 3.21. The van der Waals surface area contributed by atoms with E-state index < -0.39 is 29.7 Å². The normalized spacial score (nSPS) is 20.7. The van der Waals surface area contributed by atoms with E-state index in [1.54, 1.807) is 55.5 Å². The van der Waals surface area contributed by atoms with Crippen molar-refractivity contribution in [3.8, 4) is 0 Å². The highest BCUT2D eigenvalue weighted by Crippen LogP contribution is 2.40. The summed E-state index contributed by atoms with van der Waals surface area (Å²) in [5, 5.41) is 5.97. The molecule has 148 valence electrons. The fourth-order valence-corrected chi connectivity index (χ4v) is 3.95. The summed E-state index contributed by atoms with van der Waals surface area (Å²) in [5.74, 6) is -2.84. The van der Waals surface area contributed by atoms with Crippen LogP contribution in [0.15, 0.2) is 58.1 Å². The maximum atomic E-state index is 13.3. The predicted molar refractivity (Wildman–Crippen MR) is 112 cm³/mol. The van der Waals surface area contributed by atoms with Gasteiger partial charge in [0.15, 0.2) is 5.71 Å². The molecule has 4 rings (SSSR count). The van der Waals surface area contributed by atoms with Crippen LogP contribution in [0.2, 0.25) is 5.02 Å². The number of fused-ring (bicyclic) bond motifs is 1. The molecule has 7 nitrogen and oxygen atoms in total. The molecule has 0 saturated carbocycles. The number of benzene rings is 2. The quantitative estimate of drug-likeness (QED) is 0.499. The largest absolute Gasteiger partial charge is 0.461 e. The van der Waals surface area contributed by atoms with Gasteiger partial charge >= 0.3 is 5.97 Å². The van der Waals surface area contributed by atoms with E-state index in [4.69, 9.17) is 16.3 Å². The van der Waals surface area contributed by atoms with Crippen LogP contribution in [0.25, 0.3) is 0 Å². The van der Waals surface area contributed by atoms with E-state index in [0.29, 0.717) is 5.69 Å². The van der Waals surface area contributed by atoms with Crippen molar-refractivity contribution in [2.24, 2.45) is 11.0 Å². The number of hydrogen-bond acceptors (Lipinski definition) is 6. The van der Waals surface area contributed by atoms with Crippen molar-refractivity contribution in [1.82, 2.24) is 0 Å². The molecule has 0 aliphatic carbocycles. The van der Waals surface area contributed by atoms with Crippen molar-refractivity contribution < 1.29 is 19.1 Å². The van der Waals surface area contributed by atoms with Gasteiger partial charge in [-0.2, -0.15) is 5.10 Å². The number of carbonyl (C=O) groups is 3. The molecule has 0 bridgehead atoms. The molecule has 0 unspecified atom stereocenters. The first-order chi connectivity index (χ1) is 13.9. The average molecular weight is 477 g/mol. The third-order valence-corrected chi connectivity index (χ3v) is 5.57. The Kier molecular flexibility index (Phi) is 5.14. The van der Waals surface area contributed by atoms with Crippen LogP contribution in [0, 0.1) is 5.92 Å². The van der Waals surface area contributed by atoms with Gasteiger partial charge in [-0.3, -0.25) is 14.6 Å². The van der Waals surface area contributed by atoms with Crippen molar-refractivity contribution in [2.45, 2.75) is 13.0 Å². The van der Waals surface area contributed by atoms with E-state index in [1.807, 2.05) is 0 Å². The lowest BCUT2D eigenvalue weighted by molar-refractivity contribution is -0.136. The lowest BCUT2D eigenvalue weighted by atomic mass is 9.98. The number of imide groups is 1. The van der Waals surface area contributed by atoms with E-state index in [0.717, 1.165) is 9.37 Å². The van der Waals surface area contributed by atoms with E-state index in [2.05, 4.69) is 21.0 Å². The highest BCUT2D eigenvalue weighted by atomic mass is 79.9. The summed E-state index contributed by atoms with van der Waals surface area (Å²) in [4.78, 5) is 40.0. The third kappa shape index (κ3) is 3.22. The first-order valence-corrected chi connectivity index (χ1v) is 10.0. The van der Waals surface area contributed by atoms with Gasteiger partial charge in [-0.1, -0.05) is 39.7 Å². The molecule has 0 spiro atoms. The fraction of sp³-hybridized carbons (Fsp3) is 0.200. The zero-order valence-corrected chi connectivity index (χ0v) is 17.6. The molecule has 1 saturated heterocycles. The number of carbonyl (C=O) groups excluding carboxylic acids is 3. The number of hydrogen-bond donors (Lipinski definition) is 0. The number of ether oxygens (including phenoxy) is 1. The maximum absolute atomic E-state index is 13.3. The number of anilines is 2. The Morgan fingerprint density at radius 2 is 1.83 bits per heavy atom. The lowest BCUT2D eigenvalue weighted by Crippen LogP contribution is -2.39. The molecule has 2 aliphatic heterocycles. The summed E-state index contributed by atoms with van der Waals surface area (Å²) in [6.07, 6.45) is 0. The molecule has 0 aromatic heterocycles. The van der Waals surface area contributed by atoms with Crippen molar-refractivity contribution in [3.63, 3.8) is 0 Å². The Hall–Kier alpha value is -2.71. The minimum atomic E-state index is -1.07. The molecule has 29 heavy (non-hydrogen) atoms. The molecule has 0 N–H and O–H groups in total. The highest BCUT2D eigenvalue weighted by molar-refractivity contribution is 9.10. The number of para-hydroxylation sites is 1. The van der Waals surface area contributed by atoms with E-state index in [1.165, 1.54) is 5.01 Å². The van der Waals surface area contributed by atoms with Crippen LogP contribution < -0.4 is 9.91 Å². The molecule has 2 aliphatic rings. The SMILES string of the molecule is CCOC(=O)C1=NN(c2ccc(Br)cc2)[C@@H]2C(=O)N(c3ccccc3Cl)C(=O)[C@@H]12. The standard InChI is InChI=1S/C20H15BrClN3O4/c1-2-29-20(28)16-15-17(25(23-16)12-9-7-11(21)8-10-12)19(27)24(18(15)26)14-6-4-3-5-13(14)22/h3-10,15,17H,2H2,1H3/t15-,17-/m0/s1. The second kappa shape index (κ2) is 7.61. The van der Waals surface area contributed by atoms with Crippen LogP contribution in [-0.4, -0.2) is 36.1 Å². The van der Waals surface area contributed by atoms with Crippen LogP contribution in [0.3, 0.4) is 0 Å². The fourth-order valence-electron chi connectivity index (χ4n) is 3.47. The minimum absolute atomic E-state index is 0.0901. The lowest BCUT2D eigenvalue weighted by Gasteiger charge is -2.22. The Morgan fingerprint density at radius 3 is 2.48 bits per heavy atom. The number of amides is 2. The van der Waals surface area contributed by atoms with Gasteiger partial charge in [0, 0.05) is 4.47 Å². The molecule has 1 fully saturated rings. The second-order valence-corrected chi connectivity index (χ2v) is 7.74. The molecular formula is C20H15BrClN3O4. The van der Waals surface area contributed by atoms with Gasteiger partial charge in [-0.25, -0.2) is 9.69 Å². The summed E-state index contributed by atoms with van der Waals surface area (Å²) in [6.45, 7) is 1.79. The molecule has 2 amide bonds. The minimum Gasteiger partial charge on any atom is -0.461 e. The van der Waals surface area contributed by atoms with Gasteiger partial charge in [-0.05, 0) is 43.3 Å². The van der Waals surface area contributed by atoms with Gasteiger partial charge in [0.05, 0.1) is 23.0 Å². The first kappa shape index (κ1) is 19.6. The summed E-state index contributed by atoms with van der Waals surface area (Å²) in [5.41, 5.74) is 0.759. The van der Waals surface area contributed by atoms with Crippen molar-refractivity contribution >= 4 is 62.4 Å². The van der Waals surface area contributed by atoms with Crippen molar-refractivity contribution in [3.05, 3.63) is 58.0 Å². The Balaban J connectivity index is 1.81. The number of nitrogens with zero attached hydrogens (tertiary/aromatic N) is 3. The number of hydrazone groups is 1. The van der Waals surface area contributed by atoms with E-state index in [-0.39, 0.29) is 23.0 Å². The highest BCUT2D eigenvalue weighted by Gasteiger charge is 2.59. The maximum Gasteiger partial charge on any atom is 0.355 e. The number of halogens is 2. The molecule has 9 heteroatoms. The molecule has 2 heterocycles. The Bertz CT molecular complexity index is 1040. The molecular weight excluding hydrogens is 462 g/mol. The van der Waals surface area contributed by atoms with Gasteiger partial charge in [0.25, 0.3) is 5.91 Å². The van der Waals surface area contributed by atoms with Crippen molar-refractivity contribution in [2.75, 3.05) is 16.5 Å². The number of esters is 1. The molecule has 2 aromatic rings. The van der Waals surface area contributed by atoms with Gasteiger partial charge < -0.3 is 4.74 Å². The number of rotatable bonds is 4. The van der Waals surface area contributed by atoms with Crippen LogP contribution in [0.5, 0.6) is 0 Å². The van der Waals surface area contributed by atoms with Gasteiger partial charge in [-0.15, -0.1) is 0 Å². The summed E-state index contributed by atoms with van der Waals surface area (Å²) in [7, 11) is 0. The summed E-state index contributed by atoms with van der Waals surface area (Å²) in [6, 6.07) is 12.6. The predicted octanol–water partition coefficient (Wildman–Crippen LogP) is 3.40. The smallest absolute Gasteiger partial charge is 0.355 e. The van der Waals surface area contributed by atoms with Gasteiger partial charge in [0.2, 0.25) is 5.91 Å². The topological polar surface area (TPSA) is 79.3 Å². The Labute approximate surface area is 180 Å². The molecule has 0 radical (unpaired) electrons. The zero-order chi connectivity index (χ0) is 20.7. The summed E-state index contributed by atoms with van der Waals surface area (Å²) < 4.78 is 5.92. The Morgan fingerprint density at radius 1 is 1.14 bits per heavy atom. The third-order valence-electron chi connectivity index (χ3n) is 4.72. The van der Waals surface area contributed by atoms with Crippen molar-refractivity contribution in [1.29, 1.82) is 0 Å². The van der Waals surface area contributed by atoms with Gasteiger partial charge in [0.1, 0.15) is 12.0 Å². The van der Waals surface area contributed by atoms with Crippen LogP contribution in [-0.2, 0) is 19.1 Å². The monoisotopic (exact) mass is 475 g/mol. The summed E-state index contributed by atoms with van der Waals surface area (Å²) >= 11 is 9.59. The zero-order valence-electron chi connectivity index (χ0n) is 15.2. The molecule has 2 atom stereocenters. The van der Waals surface area contributed by atoms with E-state index >= 15 is 0 Å². The molecule has 2 aromatic carbocycles. The van der Waals surface area contributed by atoms with Crippen LogP contribution in [0.4, 0.5) is 11.4 Å². The first-order valence-electron chi connectivity index (χ1n) is 8.86. The second-order valence-electron chi connectivity index (χ2n) is 6.41. The van der Waals surface area contributed by atoms with Crippen LogP contribution in [0.1, 0.15) is 6.92 Å². The van der Waals surface area contributed by atoms with Crippen LogP contribution >= 0.6 is 27.5 Å².